The molecule has 2 nitrogen and oxygen atoms in total. The number of alkyl halides is 3. The lowest BCUT2D eigenvalue weighted by Crippen LogP contribution is -2.54. The van der Waals surface area contributed by atoms with Crippen molar-refractivity contribution in [3.63, 3.8) is 0 Å². The minimum Gasteiger partial charge on any atom is -0.382 e. The topological polar surface area (TPSA) is 23.5 Å². The van der Waals surface area contributed by atoms with Crippen LogP contribution in [0.2, 0.25) is 0 Å². The quantitative estimate of drug-likeness (QED) is 0.725. The van der Waals surface area contributed by atoms with Gasteiger partial charge in [-0.05, 0) is 42.7 Å². The highest BCUT2D eigenvalue weighted by atomic mass is 79.9. The van der Waals surface area contributed by atoms with Crippen molar-refractivity contribution in [3.8, 4) is 0 Å². The summed E-state index contributed by atoms with van der Waals surface area (Å²) in [6.45, 7) is 2.34. The average molecular weight is 258 g/mol. The maximum absolute atomic E-state index is 12.9. The van der Waals surface area contributed by atoms with E-state index in [0.29, 0.717) is 6.54 Å². The molecule has 0 spiro atoms. The number of hydrogen-bond acceptors (Lipinski definition) is 2. The Bertz CT molecular complexity index is 197. The molecule has 0 bridgehead atoms. The SMILES string of the molecule is CC1CC(O)(C(F)(F)Br)CCN1C. The molecule has 5 heteroatoms. The molecule has 0 aliphatic carbocycles. The Morgan fingerprint density at radius 1 is 1.62 bits per heavy atom. The van der Waals surface area contributed by atoms with Gasteiger partial charge in [-0.2, -0.15) is 8.78 Å². The van der Waals surface area contributed by atoms with E-state index in [4.69, 9.17) is 0 Å². The molecular formula is C8H14BrF2NO. The van der Waals surface area contributed by atoms with E-state index in [1.54, 1.807) is 0 Å². The van der Waals surface area contributed by atoms with Crippen LogP contribution in [0, 0.1) is 0 Å². The molecule has 1 aliphatic rings. The Balaban J connectivity index is 2.73. The molecule has 1 saturated heterocycles. The van der Waals surface area contributed by atoms with Crippen LogP contribution < -0.4 is 0 Å². The van der Waals surface area contributed by atoms with Gasteiger partial charge in [0.15, 0.2) is 0 Å². The number of nitrogens with zero attached hydrogens (tertiary/aromatic N) is 1. The second kappa shape index (κ2) is 3.44. The summed E-state index contributed by atoms with van der Waals surface area (Å²) in [5.74, 6) is 0. The lowest BCUT2D eigenvalue weighted by atomic mass is 9.87. The largest absolute Gasteiger partial charge is 0.382 e. The van der Waals surface area contributed by atoms with Gasteiger partial charge in [0.25, 0.3) is 0 Å². The summed E-state index contributed by atoms with van der Waals surface area (Å²) in [5.41, 5.74) is -1.89. The van der Waals surface area contributed by atoms with Crippen LogP contribution >= 0.6 is 15.9 Å². The van der Waals surface area contributed by atoms with Crippen molar-refractivity contribution in [2.24, 2.45) is 0 Å². The van der Waals surface area contributed by atoms with Crippen LogP contribution in [0.1, 0.15) is 19.8 Å². The molecule has 1 N–H and O–H groups in total. The molecular weight excluding hydrogens is 244 g/mol. The van der Waals surface area contributed by atoms with Crippen molar-refractivity contribution in [2.45, 2.75) is 36.2 Å². The van der Waals surface area contributed by atoms with Crippen LogP contribution in [0.4, 0.5) is 8.78 Å². The first kappa shape index (κ1) is 11.3. The number of halogens is 3. The van der Waals surface area contributed by atoms with Gasteiger partial charge in [-0.15, -0.1) is 0 Å². The van der Waals surface area contributed by atoms with E-state index in [0.717, 1.165) is 0 Å². The standard InChI is InChI=1S/C8H14BrF2NO/c1-6-5-7(13,8(9,10)11)3-4-12(6)2/h6,13H,3-5H2,1-2H3. The second-order valence-corrected chi connectivity index (χ2v) is 4.81. The summed E-state index contributed by atoms with van der Waals surface area (Å²) in [6.07, 6.45) is 0.202. The van der Waals surface area contributed by atoms with Gasteiger partial charge in [-0.1, -0.05) is 0 Å². The van der Waals surface area contributed by atoms with Gasteiger partial charge in [-0.25, -0.2) is 0 Å². The van der Waals surface area contributed by atoms with Gasteiger partial charge in [0.1, 0.15) is 5.60 Å². The minimum absolute atomic E-state index is 0.0119. The number of hydrogen-bond donors (Lipinski definition) is 1. The molecule has 2 atom stereocenters. The third kappa shape index (κ3) is 2.19. The fraction of sp³-hybridized carbons (Fsp3) is 1.00. The minimum atomic E-state index is -3.18. The summed E-state index contributed by atoms with van der Waals surface area (Å²) >= 11 is 2.24. The Morgan fingerprint density at radius 3 is 2.54 bits per heavy atom. The van der Waals surface area contributed by atoms with Gasteiger partial charge in [0, 0.05) is 12.6 Å². The van der Waals surface area contributed by atoms with Crippen LogP contribution in [0.25, 0.3) is 0 Å². The van der Waals surface area contributed by atoms with Gasteiger partial charge in [-0.3, -0.25) is 0 Å². The molecule has 78 valence electrons. The first-order chi connectivity index (χ1) is 5.76. The maximum atomic E-state index is 12.9. The van der Waals surface area contributed by atoms with Crippen molar-refractivity contribution >= 4 is 15.9 Å². The number of rotatable bonds is 1. The van der Waals surface area contributed by atoms with Gasteiger partial charge in [0.05, 0.1) is 0 Å². The van der Waals surface area contributed by atoms with Gasteiger partial charge >= 0.3 is 4.83 Å². The lowest BCUT2D eigenvalue weighted by Gasteiger charge is -2.42. The first-order valence-electron chi connectivity index (χ1n) is 4.25. The van der Waals surface area contributed by atoms with Crippen LogP contribution in [-0.4, -0.2) is 40.1 Å². The molecule has 1 heterocycles. The van der Waals surface area contributed by atoms with E-state index >= 15 is 0 Å². The van der Waals surface area contributed by atoms with Crippen molar-refractivity contribution in [3.05, 3.63) is 0 Å². The number of piperidine rings is 1. The predicted octanol–water partition coefficient (Wildman–Crippen LogP) is 1.82. The summed E-state index contributed by atoms with van der Waals surface area (Å²) in [7, 11) is 1.87. The highest BCUT2D eigenvalue weighted by Crippen LogP contribution is 2.42. The summed E-state index contributed by atoms with van der Waals surface area (Å²) in [5, 5.41) is 9.67. The fourth-order valence-corrected chi connectivity index (χ4v) is 1.95. The lowest BCUT2D eigenvalue weighted by molar-refractivity contribution is -0.150. The van der Waals surface area contributed by atoms with E-state index < -0.39 is 10.4 Å². The summed E-state index contributed by atoms with van der Waals surface area (Å²) < 4.78 is 25.9. The molecule has 1 aliphatic heterocycles. The molecule has 13 heavy (non-hydrogen) atoms. The molecule has 1 rings (SSSR count). The van der Waals surface area contributed by atoms with E-state index in [2.05, 4.69) is 15.9 Å². The number of likely N-dealkylation sites (tertiary alicyclic amines) is 1. The van der Waals surface area contributed by atoms with E-state index in [1.165, 1.54) is 0 Å². The zero-order chi connectivity index (χ0) is 10.3. The van der Waals surface area contributed by atoms with Gasteiger partial charge in [0.2, 0.25) is 0 Å². The van der Waals surface area contributed by atoms with Gasteiger partial charge < -0.3 is 10.0 Å². The van der Waals surface area contributed by atoms with E-state index in [1.807, 2.05) is 18.9 Å². The van der Waals surface area contributed by atoms with E-state index in [-0.39, 0.29) is 18.9 Å². The normalized spacial score (nSPS) is 37.8. The Morgan fingerprint density at radius 2 is 2.15 bits per heavy atom. The Hall–Kier alpha value is 0.260. The van der Waals surface area contributed by atoms with Crippen molar-refractivity contribution < 1.29 is 13.9 Å². The van der Waals surface area contributed by atoms with Crippen LogP contribution in [-0.2, 0) is 0 Å². The molecule has 0 amide bonds. The first-order valence-corrected chi connectivity index (χ1v) is 5.05. The predicted molar refractivity (Wildman–Crippen MR) is 50.1 cm³/mol. The maximum Gasteiger partial charge on any atom is 0.329 e. The Kier molecular flexibility index (Phi) is 3.00. The zero-order valence-electron chi connectivity index (χ0n) is 7.73. The fourth-order valence-electron chi connectivity index (χ4n) is 1.59. The summed E-state index contributed by atoms with van der Waals surface area (Å²) in [4.78, 5) is -1.22. The molecule has 0 aromatic rings. The third-order valence-electron chi connectivity index (χ3n) is 2.79. The smallest absolute Gasteiger partial charge is 0.329 e. The monoisotopic (exact) mass is 257 g/mol. The van der Waals surface area contributed by atoms with Crippen molar-refractivity contribution in [1.82, 2.24) is 4.90 Å². The highest BCUT2D eigenvalue weighted by Gasteiger charge is 2.52. The molecule has 0 aromatic carbocycles. The van der Waals surface area contributed by atoms with Crippen molar-refractivity contribution in [1.29, 1.82) is 0 Å². The summed E-state index contributed by atoms with van der Waals surface area (Å²) in [6, 6.07) is -0.0119. The third-order valence-corrected chi connectivity index (χ3v) is 3.53. The average Bonchev–Trinajstić information content (AvgIpc) is 1.95. The molecule has 0 aromatic heterocycles. The Labute approximate surface area is 85.0 Å². The van der Waals surface area contributed by atoms with Crippen molar-refractivity contribution in [2.75, 3.05) is 13.6 Å². The van der Waals surface area contributed by atoms with Crippen LogP contribution in [0.15, 0.2) is 0 Å². The highest BCUT2D eigenvalue weighted by molar-refractivity contribution is 9.10. The molecule has 2 unspecified atom stereocenters. The zero-order valence-corrected chi connectivity index (χ0v) is 9.31. The van der Waals surface area contributed by atoms with E-state index in [9.17, 15) is 13.9 Å². The number of aliphatic hydroxyl groups is 1. The molecule has 0 radical (unpaired) electrons. The second-order valence-electron chi connectivity index (χ2n) is 3.81. The van der Waals surface area contributed by atoms with Crippen LogP contribution in [0.3, 0.4) is 0 Å². The van der Waals surface area contributed by atoms with Crippen LogP contribution in [0.5, 0.6) is 0 Å². The molecule has 1 fully saturated rings. The molecule has 0 saturated carbocycles.